The van der Waals surface area contributed by atoms with Gasteiger partial charge in [-0.25, -0.2) is 18.1 Å². The Kier molecular flexibility index (Phi) is 4.67. The second kappa shape index (κ2) is 7.25. The molecule has 1 saturated carbocycles. The number of hydrogen-bond donors (Lipinski definition) is 1. The molecule has 1 fully saturated rings. The molecule has 30 heavy (non-hydrogen) atoms. The van der Waals surface area contributed by atoms with Gasteiger partial charge < -0.3 is 9.15 Å². The van der Waals surface area contributed by atoms with Gasteiger partial charge >= 0.3 is 0 Å². The fourth-order valence-corrected chi connectivity index (χ4v) is 5.56. The number of nitrogens with zero attached hydrogens (tertiary/aromatic N) is 1. The molecule has 0 radical (unpaired) electrons. The summed E-state index contributed by atoms with van der Waals surface area (Å²) in [5.41, 5.74) is 3.79. The fraction of sp³-hybridized carbons (Fsp3) is 0.348. The maximum Gasteiger partial charge on any atom is 0.208 e. The molecule has 0 amide bonds. The van der Waals surface area contributed by atoms with Crippen LogP contribution in [0.3, 0.4) is 0 Å². The number of benzene rings is 2. The summed E-state index contributed by atoms with van der Waals surface area (Å²) in [6.07, 6.45) is 5.81. The molecular weight excluding hydrogens is 400 g/mol. The van der Waals surface area contributed by atoms with Gasteiger partial charge in [-0.15, -0.1) is 0 Å². The fourth-order valence-electron chi connectivity index (χ4n) is 4.75. The van der Waals surface area contributed by atoms with Gasteiger partial charge in [0.15, 0.2) is 0 Å². The van der Waals surface area contributed by atoms with E-state index in [2.05, 4.69) is 35.1 Å². The molecule has 7 heteroatoms. The number of aromatic nitrogens is 1. The van der Waals surface area contributed by atoms with Crippen LogP contribution in [0.5, 0.6) is 5.75 Å². The molecule has 2 aromatic carbocycles. The average molecular weight is 425 g/mol. The number of hydrogen-bond acceptors (Lipinski definition) is 5. The van der Waals surface area contributed by atoms with Gasteiger partial charge in [-0.1, -0.05) is 36.4 Å². The van der Waals surface area contributed by atoms with Crippen molar-refractivity contribution in [3.8, 4) is 16.9 Å². The largest absolute Gasteiger partial charge is 0.487 e. The van der Waals surface area contributed by atoms with Crippen LogP contribution in [0.4, 0.5) is 0 Å². The van der Waals surface area contributed by atoms with Crippen LogP contribution in [0, 0.1) is 0 Å². The first-order chi connectivity index (χ1) is 14.4. The van der Waals surface area contributed by atoms with E-state index in [4.69, 9.17) is 14.1 Å². The summed E-state index contributed by atoms with van der Waals surface area (Å²) in [6, 6.07) is 16.4. The first kappa shape index (κ1) is 19.3. The second-order valence-electron chi connectivity index (χ2n) is 8.45. The Morgan fingerprint density at radius 1 is 1.13 bits per heavy atom. The lowest BCUT2D eigenvalue weighted by atomic mass is 9.79. The first-order valence-electron chi connectivity index (χ1n) is 10.1. The molecule has 3 aromatic rings. The highest BCUT2D eigenvalue weighted by molar-refractivity contribution is 7.88. The van der Waals surface area contributed by atoms with E-state index < -0.39 is 10.0 Å². The van der Waals surface area contributed by atoms with E-state index >= 15 is 0 Å². The molecule has 5 rings (SSSR count). The minimum Gasteiger partial charge on any atom is -0.487 e. The highest BCUT2D eigenvalue weighted by Gasteiger charge is 2.45. The Labute approximate surface area is 176 Å². The molecule has 1 N–H and O–H groups in total. The maximum atomic E-state index is 11.8. The van der Waals surface area contributed by atoms with Gasteiger partial charge in [0.05, 0.1) is 11.7 Å². The molecule has 156 valence electrons. The first-order valence-corrected chi connectivity index (χ1v) is 12.0. The van der Waals surface area contributed by atoms with Crippen LogP contribution in [0.2, 0.25) is 0 Å². The Morgan fingerprint density at radius 3 is 2.77 bits per heavy atom. The molecule has 0 unspecified atom stereocenters. The van der Waals surface area contributed by atoms with Crippen LogP contribution in [-0.4, -0.2) is 25.7 Å². The number of fused-ring (bicyclic) bond motifs is 8. The molecule has 6 nitrogen and oxygen atoms in total. The predicted octanol–water partition coefficient (Wildman–Crippen LogP) is 3.82. The van der Waals surface area contributed by atoms with Gasteiger partial charge in [0.1, 0.15) is 24.3 Å². The van der Waals surface area contributed by atoms with E-state index in [9.17, 15) is 8.42 Å². The summed E-state index contributed by atoms with van der Waals surface area (Å²) in [6.45, 7) is 0.325. The third-order valence-corrected chi connectivity index (χ3v) is 6.78. The van der Waals surface area contributed by atoms with Crippen LogP contribution in [0.1, 0.15) is 36.4 Å². The number of rotatable bonds is 2. The Bertz CT molecular complexity index is 1190. The molecule has 1 aliphatic carbocycles. The number of ether oxygens (including phenoxy) is 1. The predicted molar refractivity (Wildman–Crippen MR) is 114 cm³/mol. The van der Waals surface area contributed by atoms with Crippen molar-refractivity contribution in [3.63, 3.8) is 0 Å². The lowest BCUT2D eigenvalue weighted by molar-refractivity contribution is 0.301. The summed E-state index contributed by atoms with van der Waals surface area (Å²) < 4.78 is 38.3. The summed E-state index contributed by atoms with van der Waals surface area (Å²) in [5, 5.41) is 0. The molecule has 0 saturated heterocycles. The Morgan fingerprint density at radius 2 is 1.93 bits per heavy atom. The van der Waals surface area contributed by atoms with Gasteiger partial charge in [-0.3, -0.25) is 0 Å². The van der Waals surface area contributed by atoms with Crippen LogP contribution >= 0.6 is 0 Å². The van der Waals surface area contributed by atoms with E-state index in [-0.39, 0.29) is 11.5 Å². The van der Waals surface area contributed by atoms with Gasteiger partial charge in [-0.2, -0.15) is 0 Å². The average Bonchev–Trinajstić information content (AvgIpc) is 3.33. The van der Waals surface area contributed by atoms with Gasteiger partial charge in [0, 0.05) is 6.04 Å². The lowest BCUT2D eigenvalue weighted by Gasteiger charge is -2.26. The van der Waals surface area contributed by atoms with Crippen LogP contribution in [-0.2, 0) is 28.5 Å². The van der Waals surface area contributed by atoms with Crippen LogP contribution in [0.25, 0.3) is 11.1 Å². The molecule has 2 aliphatic rings. The van der Waals surface area contributed by atoms with Crippen molar-refractivity contribution in [3.05, 3.63) is 71.9 Å². The SMILES string of the molecule is CS(=O)(=O)N[C@H]1CC[C@@]2(Cc3cccc(c3)-c3cccc(c3)OCc3coc2n3)C1. The maximum absolute atomic E-state index is 11.8. The topological polar surface area (TPSA) is 81.4 Å². The highest BCUT2D eigenvalue weighted by atomic mass is 32.2. The van der Waals surface area contributed by atoms with E-state index in [1.807, 2.05) is 18.2 Å². The zero-order chi connectivity index (χ0) is 20.8. The monoisotopic (exact) mass is 424 g/mol. The second-order valence-corrected chi connectivity index (χ2v) is 10.2. The molecule has 1 aromatic heterocycles. The Hall–Kier alpha value is -2.64. The number of oxazole rings is 1. The minimum atomic E-state index is -3.27. The highest BCUT2D eigenvalue weighted by Crippen LogP contribution is 2.44. The number of nitrogens with one attached hydrogen (secondary N) is 1. The van der Waals surface area contributed by atoms with Crippen molar-refractivity contribution < 1.29 is 17.6 Å². The summed E-state index contributed by atoms with van der Waals surface area (Å²) in [5.74, 6) is 1.45. The van der Waals surface area contributed by atoms with Crippen molar-refractivity contribution in [1.29, 1.82) is 0 Å². The smallest absolute Gasteiger partial charge is 0.208 e. The standard InChI is InChI=1S/C23H24N2O4S/c1-30(26,27)25-19-8-9-23(13-19)12-16-4-2-5-17(10-16)18-6-3-7-21(11-18)28-14-20-15-29-22(23)24-20/h2-7,10-11,15,19,25H,8-9,12-14H2,1H3/t19-,23+/m0/s1. The van der Waals surface area contributed by atoms with Crippen molar-refractivity contribution in [2.24, 2.45) is 0 Å². The zero-order valence-electron chi connectivity index (χ0n) is 16.8. The number of sulfonamides is 1. The third kappa shape index (κ3) is 3.87. The lowest BCUT2D eigenvalue weighted by Crippen LogP contribution is -2.35. The minimum absolute atomic E-state index is 0.125. The van der Waals surface area contributed by atoms with Crippen molar-refractivity contribution in [2.75, 3.05) is 6.26 Å². The molecule has 6 bridgehead atoms. The summed E-state index contributed by atoms with van der Waals surface area (Å²) >= 11 is 0. The third-order valence-electron chi connectivity index (χ3n) is 6.02. The van der Waals surface area contributed by atoms with E-state index in [1.54, 1.807) is 6.26 Å². The van der Waals surface area contributed by atoms with Crippen LogP contribution < -0.4 is 9.46 Å². The molecule has 2 atom stereocenters. The summed E-state index contributed by atoms with van der Waals surface area (Å²) in [7, 11) is -3.27. The van der Waals surface area contributed by atoms with Gasteiger partial charge in [0.2, 0.25) is 15.9 Å². The summed E-state index contributed by atoms with van der Waals surface area (Å²) in [4.78, 5) is 4.75. The van der Waals surface area contributed by atoms with E-state index in [0.29, 0.717) is 18.9 Å². The normalized spacial score (nSPS) is 23.3. The molecular formula is C23H24N2O4S. The van der Waals surface area contributed by atoms with E-state index in [1.165, 1.54) is 11.8 Å². The zero-order valence-corrected chi connectivity index (χ0v) is 17.6. The molecule has 1 aliphatic heterocycles. The van der Waals surface area contributed by atoms with E-state index in [0.717, 1.165) is 41.8 Å². The van der Waals surface area contributed by atoms with Crippen molar-refractivity contribution >= 4 is 10.0 Å². The van der Waals surface area contributed by atoms with Crippen molar-refractivity contribution in [2.45, 2.75) is 43.7 Å². The van der Waals surface area contributed by atoms with Crippen LogP contribution in [0.15, 0.2) is 59.2 Å². The molecule has 1 spiro atoms. The van der Waals surface area contributed by atoms with Gasteiger partial charge in [0.25, 0.3) is 0 Å². The Balaban J connectivity index is 1.58. The quantitative estimate of drug-likeness (QED) is 0.676. The van der Waals surface area contributed by atoms with Gasteiger partial charge in [-0.05, 0) is 54.5 Å². The molecule has 2 heterocycles. The van der Waals surface area contributed by atoms with Crippen molar-refractivity contribution in [1.82, 2.24) is 9.71 Å².